The quantitative estimate of drug-likeness (QED) is 0.181. The number of carbonyl (C=O) groups excluding carboxylic acids is 1. The Hall–Kier alpha value is -4.27. The highest BCUT2D eigenvalue weighted by Gasteiger charge is 2.24. The van der Waals surface area contributed by atoms with E-state index in [0.717, 1.165) is 83.9 Å². The lowest BCUT2D eigenvalue weighted by molar-refractivity contribution is 0.0696. The van der Waals surface area contributed by atoms with E-state index in [4.69, 9.17) is 21.3 Å². The number of aromatic nitrogens is 2. The first-order valence-corrected chi connectivity index (χ1v) is 17.2. The van der Waals surface area contributed by atoms with Crippen LogP contribution in [0.25, 0.3) is 33.5 Å². The van der Waals surface area contributed by atoms with Crippen molar-refractivity contribution in [2.45, 2.75) is 38.3 Å². The molecule has 7 rings (SSSR count). The number of amides is 1. The average Bonchev–Trinajstić information content (AvgIpc) is 3.77. The number of carboxylic acids is 1. The molecule has 9 heteroatoms. The molecule has 46 heavy (non-hydrogen) atoms. The van der Waals surface area contributed by atoms with Gasteiger partial charge in [-0.3, -0.25) is 4.79 Å². The summed E-state index contributed by atoms with van der Waals surface area (Å²) in [7, 11) is 0. The number of halogens is 1. The molecule has 0 unspecified atom stereocenters. The third kappa shape index (κ3) is 6.24. The van der Waals surface area contributed by atoms with Crippen molar-refractivity contribution in [3.8, 4) is 28.3 Å². The molecule has 2 aliphatic heterocycles. The summed E-state index contributed by atoms with van der Waals surface area (Å²) in [5.41, 5.74) is 6.40. The van der Waals surface area contributed by atoms with Crippen molar-refractivity contribution in [3.63, 3.8) is 0 Å². The minimum Gasteiger partial charge on any atom is -0.489 e. The van der Waals surface area contributed by atoms with E-state index >= 15 is 0 Å². The number of imidazole rings is 1. The van der Waals surface area contributed by atoms with E-state index in [2.05, 4.69) is 4.57 Å². The van der Waals surface area contributed by atoms with E-state index in [1.54, 1.807) is 12.1 Å². The number of rotatable bonds is 8. The van der Waals surface area contributed by atoms with Crippen molar-refractivity contribution in [2.75, 3.05) is 24.6 Å². The van der Waals surface area contributed by atoms with Gasteiger partial charge in [0, 0.05) is 35.3 Å². The van der Waals surface area contributed by atoms with Crippen LogP contribution in [0.1, 0.15) is 58.0 Å². The lowest BCUT2D eigenvalue weighted by Gasteiger charge is -2.25. The third-order valence-corrected chi connectivity index (χ3v) is 10.2. The maximum absolute atomic E-state index is 13.2. The van der Waals surface area contributed by atoms with Crippen LogP contribution in [0.4, 0.5) is 0 Å². The molecule has 3 heterocycles. The molecule has 0 aliphatic carbocycles. The summed E-state index contributed by atoms with van der Waals surface area (Å²) in [6, 6.07) is 27.0. The minimum absolute atomic E-state index is 0.0562. The molecule has 2 saturated heterocycles. The van der Waals surface area contributed by atoms with Crippen LogP contribution in [0.2, 0.25) is 5.02 Å². The van der Waals surface area contributed by atoms with Crippen LogP contribution < -0.4 is 4.74 Å². The van der Waals surface area contributed by atoms with Crippen LogP contribution in [-0.4, -0.2) is 56.0 Å². The third-order valence-electron chi connectivity index (χ3n) is 8.90. The number of carbonyl (C=O) groups is 2. The molecular formula is C37H34ClN3O4S. The number of aromatic carboxylic acids is 1. The Balaban J connectivity index is 1.17. The van der Waals surface area contributed by atoms with Crippen LogP contribution in [0, 0.1) is 0 Å². The number of benzene rings is 4. The first-order chi connectivity index (χ1) is 22.4. The fraction of sp³-hybridized carbons (Fsp3) is 0.270. The molecule has 0 spiro atoms. The summed E-state index contributed by atoms with van der Waals surface area (Å²) in [4.78, 5) is 31.7. The normalized spacial score (nSPS) is 15.4. The Labute approximate surface area is 277 Å². The number of nitrogens with zero attached hydrogens (tertiary/aromatic N) is 3. The van der Waals surface area contributed by atoms with E-state index in [1.165, 1.54) is 0 Å². The average molecular weight is 652 g/mol. The first-order valence-electron chi connectivity index (χ1n) is 15.7. The van der Waals surface area contributed by atoms with Gasteiger partial charge in [0.25, 0.3) is 5.91 Å². The van der Waals surface area contributed by atoms with E-state index in [9.17, 15) is 14.7 Å². The van der Waals surface area contributed by atoms with Crippen molar-refractivity contribution >= 4 is 46.3 Å². The SMILES string of the molecule is O=C(O)c1ccc2c(c1)nc(-c1ccc(OCc3cc(C(=O)N4CCCC4)ccc3-c3ccc(Cl)cc3)cc1)n2C1CCSCC1. The molecule has 0 saturated carbocycles. The number of fused-ring (bicyclic) bond motifs is 1. The van der Waals surface area contributed by atoms with Gasteiger partial charge in [0.05, 0.1) is 16.6 Å². The highest BCUT2D eigenvalue weighted by molar-refractivity contribution is 7.99. The molecule has 234 valence electrons. The Morgan fingerprint density at radius 1 is 0.870 bits per heavy atom. The number of hydrogen-bond donors (Lipinski definition) is 1. The van der Waals surface area contributed by atoms with Crippen LogP contribution >= 0.6 is 23.4 Å². The Morgan fingerprint density at radius 3 is 2.28 bits per heavy atom. The van der Waals surface area contributed by atoms with E-state index in [-0.39, 0.29) is 18.1 Å². The standard InChI is InChI=1S/C37H34ClN3O4S/c38-29-9-3-24(4-10-29)32-13-7-26(36(42)40-17-1-2-18-40)21-28(32)23-45-31-11-5-25(6-12-31)35-39-33-22-27(37(43)44)8-14-34(33)41(35)30-15-19-46-20-16-30/h3-14,21-22,30H,1-2,15-20,23H2,(H,43,44). The van der Waals surface area contributed by atoms with Crippen molar-refractivity contribution in [1.29, 1.82) is 0 Å². The van der Waals surface area contributed by atoms with Gasteiger partial charge in [-0.2, -0.15) is 11.8 Å². The fourth-order valence-corrected chi connectivity index (χ4v) is 7.68. The van der Waals surface area contributed by atoms with E-state index in [0.29, 0.717) is 27.9 Å². The molecule has 5 aromatic rings. The second-order valence-electron chi connectivity index (χ2n) is 11.8. The Kier molecular flexibility index (Phi) is 8.73. The summed E-state index contributed by atoms with van der Waals surface area (Å²) in [5, 5.41) is 10.2. The van der Waals surface area contributed by atoms with Crippen LogP contribution in [-0.2, 0) is 6.61 Å². The smallest absolute Gasteiger partial charge is 0.335 e. The lowest BCUT2D eigenvalue weighted by Crippen LogP contribution is -2.27. The monoisotopic (exact) mass is 651 g/mol. The van der Waals surface area contributed by atoms with Gasteiger partial charge in [0.1, 0.15) is 18.2 Å². The molecule has 2 fully saturated rings. The van der Waals surface area contributed by atoms with Gasteiger partial charge in [0.15, 0.2) is 0 Å². The lowest BCUT2D eigenvalue weighted by atomic mass is 9.97. The summed E-state index contributed by atoms with van der Waals surface area (Å²) >= 11 is 8.14. The molecule has 0 atom stereocenters. The highest BCUT2D eigenvalue weighted by atomic mass is 35.5. The maximum Gasteiger partial charge on any atom is 0.335 e. The van der Waals surface area contributed by atoms with Crippen molar-refractivity contribution in [2.24, 2.45) is 0 Å². The second-order valence-corrected chi connectivity index (χ2v) is 13.5. The zero-order valence-corrected chi connectivity index (χ0v) is 26.9. The Bertz CT molecular complexity index is 1890. The second kappa shape index (κ2) is 13.2. The predicted octanol–water partition coefficient (Wildman–Crippen LogP) is 8.61. The van der Waals surface area contributed by atoms with Gasteiger partial charge < -0.3 is 19.3 Å². The highest BCUT2D eigenvalue weighted by Crippen LogP contribution is 2.36. The summed E-state index contributed by atoms with van der Waals surface area (Å²) in [6.45, 7) is 1.88. The zero-order valence-electron chi connectivity index (χ0n) is 25.3. The summed E-state index contributed by atoms with van der Waals surface area (Å²) < 4.78 is 8.62. The molecule has 1 amide bonds. The molecule has 4 aromatic carbocycles. The minimum atomic E-state index is -0.960. The summed E-state index contributed by atoms with van der Waals surface area (Å²) in [5.74, 6) is 2.81. The van der Waals surface area contributed by atoms with E-state index < -0.39 is 5.97 Å². The molecule has 7 nitrogen and oxygen atoms in total. The molecule has 0 radical (unpaired) electrons. The van der Waals surface area contributed by atoms with Crippen LogP contribution in [0.5, 0.6) is 5.75 Å². The zero-order chi connectivity index (χ0) is 31.6. The first kappa shape index (κ1) is 30.4. The largest absolute Gasteiger partial charge is 0.489 e. The fourth-order valence-electron chi connectivity index (χ4n) is 6.47. The number of hydrogen-bond acceptors (Lipinski definition) is 5. The van der Waals surface area contributed by atoms with Gasteiger partial charge in [-0.15, -0.1) is 0 Å². The van der Waals surface area contributed by atoms with Gasteiger partial charge in [-0.05, 0) is 121 Å². The maximum atomic E-state index is 13.2. The topological polar surface area (TPSA) is 84.7 Å². The summed E-state index contributed by atoms with van der Waals surface area (Å²) in [6.07, 6.45) is 4.17. The molecule has 1 aromatic heterocycles. The predicted molar refractivity (Wildman–Crippen MR) is 184 cm³/mol. The number of carboxylic acid groups (broad SMARTS) is 1. The van der Waals surface area contributed by atoms with Gasteiger partial charge in [0.2, 0.25) is 0 Å². The number of likely N-dealkylation sites (tertiary alicyclic amines) is 1. The van der Waals surface area contributed by atoms with Crippen molar-refractivity contribution in [1.82, 2.24) is 14.5 Å². The molecule has 1 N–H and O–H groups in total. The molecule has 2 aliphatic rings. The number of ether oxygens (including phenoxy) is 1. The molecular weight excluding hydrogens is 618 g/mol. The van der Waals surface area contributed by atoms with Crippen molar-refractivity contribution < 1.29 is 19.4 Å². The van der Waals surface area contributed by atoms with Crippen LogP contribution in [0.3, 0.4) is 0 Å². The number of thioether (sulfide) groups is 1. The van der Waals surface area contributed by atoms with E-state index in [1.807, 2.05) is 89.5 Å². The Morgan fingerprint density at radius 2 is 1.57 bits per heavy atom. The van der Waals surface area contributed by atoms with Gasteiger partial charge >= 0.3 is 5.97 Å². The van der Waals surface area contributed by atoms with Gasteiger partial charge in [-0.25, -0.2) is 9.78 Å². The van der Waals surface area contributed by atoms with Crippen LogP contribution in [0.15, 0.2) is 84.9 Å². The van der Waals surface area contributed by atoms with Crippen molar-refractivity contribution in [3.05, 3.63) is 107 Å². The molecule has 0 bridgehead atoms. The van der Waals surface area contributed by atoms with Gasteiger partial charge in [-0.1, -0.05) is 29.8 Å².